The van der Waals surface area contributed by atoms with Gasteiger partial charge in [0.25, 0.3) is 0 Å². The van der Waals surface area contributed by atoms with Crippen LogP contribution in [0.15, 0.2) is 0 Å². The number of rotatable bonds is 1. The van der Waals surface area contributed by atoms with E-state index < -0.39 is 5.54 Å². The Kier molecular flexibility index (Phi) is 2.52. The normalized spacial score (nSPS) is 35.5. The smallest absolute Gasteiger partial charge is 0.242 e. The summed E-state index contributed by atoms with van der Waals surface area (Å²) in [7, 11) is 0. The molecule has 80 valence electrons. The van der Waals surface area contributed by atoms with Gasteiger partial charge >= 0.3 is 0 Å². The molecule has 4 heteroatoms. The lowest BCUT2D eigenvalue weighted by molar-refractivity contribution is -0.133. The zero-order chi connectivity index (χ0) is 10.3. The van der Waals surface area contributed by atoms with Gasteiger partial charge in [-0.3, -0.25) is 4.79 Å². The molecule has 2 N–H and O–H groups in total. The molecule has 0 aromatic heterocycles. The Hall–Kier alpha value is -0.220. The molecule has 0 spiro atoms. The highest BCUT2D eigenvalue weighted by molar-refractivity contribution is 8.00. The predicted octanol–water partition coefficient (Wildman–Crippen LogP) is 0.830. The molecule has 1 amide bonds. The molecule has 1 saturated carbocycles. The maximum absolute atomic E-state index is 12.0. The number of thioether (sulfide) groups is 1. The maximum Gasteiger partial charge on any atom is 0.242 e. The number of nitrogens with zero attached hydrogens (tertiary/aromatic N) is 1. The molecule has 2 fully saturated rings. The molecular formula is C10H18N2OS. The third-order valence-corrected chi connectivity index (χ3v) is 4.15. The molecule has 2 rings (SSSR count). The second-order valence-corrected chi connectivity index (χ2v) is 6.51. The number of nitrogens with two attached hydrogens (primary N) is 1. The largest absolute Gasteiger partial charge is 0.339 e. The van der Waals surface area contributed by atoms with E-state index in [4.69, 9.17) is 5.73 Å². The molecule has 0 aromatic rings. The molecule has 0 bridgehead atoms. The van der Waals surface area contributed by atoms with Gasteiger partial charge in [0.05, 0.1) is 5.54 Å². The summed E-state index contributed by atoms with van der Waals surface area (Å²) >= 11 is 1.96. The van der Waals surface area contributed by atoms with E-state index >= 15 is 0 Å². The number of carbonyl (C=O) groups is 1. The van der Waals surface area contributed by atoms with Crippen molar-refractivity contribution >= 4 is 17.7 Å². The first kappa shape index (κ1) is 10.3. The average Bonchev–Trinajstić information content (AvgIpc) is 2.82. The summed E-state index contributed by atoms with van der Waals surface area (Å²) in [5, 5.41) is 1.09. The van der Waals surface area contributed by atoms with Crippen LogP contribution in [0.4, 0.5) is 0 Å². The summed E-state index contributed by atoms with van der Waals surface area (Å²) in [5.74, 6) is 0.177. The van der Waals surface area contributed by atoms with Crippen molar-refractivity contribution in [1.82, 2.24) is 4.90 Å². The van der Waals surface area contributed by atoms with Crippen LogP contribution in [0.3, 0.4) is 0 Å². The van der Waals surface area contributed by atoms with Gasteiger partial charge in [0.2, 0.25) is 5.91 Å². The van der Waals surface area contributed by atoms with Gasteiger partial charge in [-0.05, 0) is 12.8 Å². The quantitative estimate of drug-likeness (QED) is 0.703. The van der Waals surface area contributed by atoms with Crippen molar-refractivity contribution in [3.05, 3.63) is 0 Å². The molecule has 1 heterocycles. The number of carbonyl (C=O) groups excluding carboxylic acids is 1. The van der Waals surface area contributed by atoms with Crippen molar-refractivity contribution in [1.29, 1.82) is 0 Å². The third-order valence-electron chi connectivity index (χ3n) is 2.92. The highest BCUT2D eigenvalue weighted by Crippen LogP contribution is 2.36. The van der Waals surface area contributed by atoms with Crippen LogP contribution in [0, 0.1) is 0 Å². The lowest BCUT2D eigenvalue weighted by atomic mass is 10.2. The van der Waals surface area contributed by atoms with Crippen LogP contribution in [0.1, 0.15) is 26.7 Å². The van der Waals surface area contributed by atoms with Crippen LogP contribution in [0.5, 0.6) is 0 Å². The Bertz CT molecular complexity index is 243. The van der Waals surface area contributed by atoms with Crippen molar-refractivity contribution in [2.45, 2.75) is 42.7 Å². The van der Waals surface area contributed by atoms with Gasteiger partial charge < -0.3 is 10.6 Å². The molecule has 2 aliphatic rings. The summed E-state index contributed by atoms with van der Waals surface area (Å²) in [4.78, 5) is 13.9. The van der Waals surface area contributed by atoms with Gasteiger partial charge in [-0.25, -0.2) is 0 Å². The van der Waals surface area contributed by atoms with Gasteiger partial charge in [-0.2, -0.15) is 11.8 Å². The summed E-state index contributed by atoms with van der Waals surface area (Å²) in [5.41, 5.74) is 5.43. The maximum atomic E-state index is 12.0. The SMILES string of the molecule is CC1CN(C(=O)C2(N)CC2)CC(C)S1. The second kappa shape index (κ2) is 3.42. The van der Waals surface area contributed by atoms with Crippen molar-refractivity contribution in [3.8, 4) is 0 Å². The fourth-order valence-corrected chi connectivity index (χ4v) is 3.33. The van der Waals surface area contributed by atoms with E-state index in [2.05, 4.69) is 13.8 Å². The minimum absolute atomic E-state index is 0.177. The fraction of sp³-hybridized carbons (Fsp3) is 0.900. The molecule has 2 unspecified atom stereocenters. The van der Waals surface area contributed by atoms with Crippen LogP contribution in [-0.2, 0) is 4.79 Å². The molecular weight excluding hydrogens is 196 g/mol. The van der Waals surface area contributed by atoms with Crippen LogP contribution in [-0.4, -0.2) is 39.9 Å². The fourth-order valence-electron chi connectivity index (χ4n) is 2.01. The van der Waals surface area contributed by atoms with Crippen molar-refractivity contribution < 1.29 is 4.79 Å². The van der Waals surface area contributed by atoms with E-state index in [1.54, 1.807) is 0 Å². The van der Waals surface area contributed by atoms with Gasteiger partial charge in [0.15, 0.2) is 0 Å². The molecule has 1 saturated heterocycles. The van der Waals surface area contributed by atoms with Crippen LogP contribution in [0.25, 0.3) is 0 Å². The van der Waals surface area contributed by atoms with Crippen LogP contribution < -0.4 is 5.73 Å². The Balaban J connectivity index is 2.00. The summed E-state index contributed by atoms with van der Waals surface area (Å²) in [6.07, 6.45) is 1.75. The van der Waals surface area contributed by atoms with Crippen molar-refractivity contribution in [2.75, 3.05) is 13.1 Å². The average molecular weight is 214 g/mol. The third kappa shape index (κ3) is 1.91. The monoisotopic (exact) mass is 214 g/mol. The second-order valence-electron chi connectivity index (χ2n) is 4.62. The van der Waals surface area contributed by atoms with Gasteiger partial charge in [0.1, 0.15) is 0 Å². The highest BCUT2D eigenvalue weighted by Gasteiger charge is 2.48. The van der Waals surface area contributed by atoms with Crippen molar-refractivity contribution in [3.63, 3.8) is 0 Å². The zero-order valence-electron chi connectivity index (χ0n) is 8.82. The highest BCUT2D eigenvalue weighted by atomic mass is 32.2. The van der Waals surface area contributed by atoms with Crippen molar-refractivity contribution in [2.24, 2.45) is 5.73 Å². The van der Waals surface area contributed by atoms with Crippen LogP contribution >= 0.6 is 11.8 Å². The van der Waals surface area contributed by atoms with Gasteiger partial charge in [-0.15, -0.1) is 0 Å². The number of hydrogen-bond donors (Lipinski definition) is 1. The first-order valence-corrected chi connectivity index (χ1v) is 6.19. The molecule has 2 atom stereocenters. The Morgan fingerprint density at radius 3 is 2.29 bits per heavy atom. The summed E-state index contributed by atoms with van der Waals surface area (Å²) in [6, 6.07) is 0. The van der Waals surface area contributed by atoms with E-state index in [0.717, 1.165) is 25.9 Å². The van der Waals surface area contributed by atoms with Gasteiger partial charge in [0, 0.05) is 23.6 Å². The lowest BCUT2D eigenvalue weighted by Gasteiger charge is -2.36. The minimum Gasteiger partial charge on any atom is -0.339 e. The number of hydrogen-bond acceptors (Lipinski definition) is 3. The zero-order valence-corrected chi connectivity index (χ0v) is 9.64. The van der Waals surface area contributed by atoms with E-state index in [9.17, 15) is 4.79 Å². The van der Waals surface area contributed by atoms with E-state index in [1.165, 1.54) is 0 Å². The topological polar surface area (TPSA) is 46.3 Å². The van der Waals surface area contributed by atoms with Crippen LogP contribution in [0.2, 0.25) is 0 Å². The standard InChI is InChI=1S/C10H18N2OS/c1-7-5-12(6-8(2)14-7)9(13)10(11)3-4-10/h7-8H,3-6,11H2,1-2H3. The Labute approximate surface area is 89.4 Å². The summed E-state index contributed by atoms with van der Waals surface area (Å²) < 4.78 is 0. The molecule has 0 radical (unpaired) electrons. The molecule has 3 nitrogen and oxygen atoms in total. The van der Waals surface area contributed by atoms with E-state index in [0.29, 0.717) is 10.5 Å². The number of amides is 1. The molecule has 0 aromatic carbocycles. The summed E-state index contributed by atoms with van der Waals surface area (Å²) in [6.45, 7) is 6.09. The first-order chi connectivity index (χ1) is 6.51. The molecule has 1 aliphatic heterocycles. The molecule has 1 aliphatic carbocycles. The lowest BCUT2D eigenvalue weighted by Crippen LogP contribution is -2.51. The van der Waals surface area contributed by atoms with E-state index in [1.807, 2.05) is 16.7 Å². The minimum atomic E-state index is -0.485. The van der Waals surface area contributed by atoms with E-state index in [-0.39, 0.29) is 5.91 Å². The Morgan fingerprint density at radius 2 is 1.86 bits per heavy atom. The predicted molar refractivity (Wildman–Crippen MR) is 59.2 cm³/mol. The molecule has 14 heavy (non-hydrogen) atoms. The first-order valence-electron chi connectivity index (χ1n) is 5.25. The Morgan fingerprint density at radius 1 is 1.36 bits per heavy atom. The van der Waals surface area contributed by atoms with Gasteiger partial charge in [-0.1, -0.05) is 13.8 Å².